The number of pyridine rings is 1. The molecule has 37 heavy (non-hydrogen) atoms. The fraction of sp³-hybridized carbons (Fsp3) is 0.207. The predicted molar refractivity (Wildman–Crippen MR) is 151 cm³/mol. The van der Waals surface area contributed by atoms with Gasteiger partial charge in [0.1, 0.15) is 0 Å². The summed E-state index contributed by atoms with van der Waals surface area (Å²) in [5.74, 6) is -0.597. The Morgan fingerprint density at radius 1 is 0.784 bits per heavy atom. The molecule has 2 aromatic carbocycles. The van der Waals surface area contributed by atoms with Crippen LogP contribution in [0.5, 0.6) is 0 Å². The SMILES string of the molecule is CCn1c(C)c(C2(c3c(C)c(C)n4ccccc34)OC(=O)c3c(Cl)c(Cl)c(Cl)c(Cl)c32)c2ccccc21. The number of aryl methyl sites for hydroxylation is 2. The van der Waals surface area contributed by atoms with Gasteiger partial charge in [-0.2, -0.15) is 0 Å². The largest absolute Gasteiger partial charge is 0.440 e. The van der Waals surface area contributed by atoms with Gasteiger partial charge in [0.15, 0.2) is 5.60 Å². The summed E-state index contributed by atoms with van der Waals surface area (Å²) in [4.78, 5) is 13.8. The number of halogens is 4. The quantitative estimate of drug-likeness (QED) is 0.123. The Morgan fingerprint density at radius 2 is 1.43 bits per heavy atom. The third-order valence-corrected chi connectivity index (χ3v) is 9.52. The molecule has 8 heteroatoms. The van der Waals surface area contributed by atoms with Gasteiger partial charge in [-0.3, -0.25) is 0 Å². The van der Waals surface area contributed by atoms with Gasteiger partial charge in [0.05, 0.1) is 31.2 Å². The first-order valence-electron chi connectivity index (χ1n) is 11.9. The molecule has 0 fully saturated rings. The van der Waals surface area contributed by atoms with Crippen molar-refractivity contribution in [2.24, 2.45) is 0 Å². The molecule has 0 bridgehead atoms. The monoisotopic (exact) mass is 570 g/mol. The molecule has 0 saturated carbocycles. The second-order valence-electron chi connectivity index (χ2n) is 9.34. The molecule has 1 unspecified atom stereocenters. The number of hydrogen-bond donors (Lipinski definition) is 0. The summed E-state index contributed by atoms with van der Waals surface area (Å²) in [5.41, 5.74) is 5.65. The highest BCUT2D eigenvalue weighted by atomic mass is 35.5. The minimum atomic E-state index is -1.42. The fourth-order valence-electron chi connectivity index (χ4n) is 6.09. The number of ether oxygens (including phenoxy) is 1. The van der Waals surface area contributed by atoms with Crippen LogP contribution in [0.25, 0.3) is 16.4 Å². The van der Waals surface area contributed by atoms with Gasteiger partial charge < -0.3 is 13.7 Å². The van der Waals surface area contributed by atoms with Crippen LogP contribution in [0.2, 0.25) is 20.1 Å². The lowest BCUT2D eigenvalue weighted by atomic mass is 9.77. The summed E-state index contributed by atoms with van der Waals surface area (Å²) in [6.07, 6.45) is 2.00. The van der Waals surface area contributed by atoms with Gasteiger partial charge in [0.25, 0.3) is 0 Å². The lowest BCUT2D eigenvalue weighted by Crippen LogP contribution is -2.31. The molecule has 1 aliphatic rings. The maximum Gasteiger partial charge on any atom is 0.341 e. The third kappa shape index (κ3) is 3.01. The number of carbonyl (C=O) groups excluding carboxylic acids is 1. The zero-order valence-corrected chi connectivity index (χ0v) is 23.6. The first kappa shape index (κ1) is 24.7. The van der Waals surface area contributed by atoms with E-state index < -0.39 is 11.6 Å². The molecular formula is C29H22Cl4N2O2. The number of fused-ring (bicyclic) bond motifs is 3. The van der Waals surface area contributed by atoms with E-state index >= 15 is 0 Å². The summed E-state index contributed by atoms with van der Waals surface area (Å²) in [7, 11) is 0. The van der Waals surface area contributed by atoms with Crippen molar-refractivity contribution in [1.29, 1.82) is 0 Å². The van der Waals surface area contributed by atoms with Gasteiger partial charge in [-0.05, 0) is 51.5 Å². The molecule has 4 heterocycles. The van der Waals surface area contributed by atoms with Crippen molar-refractivity contribution in [3.8, 4) is 0 Å². The van der Waals surface area contributed by atoms with Crippen molar-refractivity contribution in [3.63, 3.8) is 0 Å². The van der Waals surface area contributed by atoms with Gasteiger partial charge in [0, 0.05) is 51.7 Å². The highest BCUT2D eigenvalue weighted by Gasteiger charge is 2.56. The van der Waals surface area contributed by atoms with E-state index in [-0.39, 0.29) is 25.7 Å². The molecule has 4 nitrogen and oxygen atoms in total. The Labute approximate surface area is 234 Å². The number of benzene rings is 2. The molecule has 0 saturated heterocycles. The van der Waals surface area contributed by atoms with E-state index in [2.05, 4.69) is 22.0 Å². The molecule has 6 rings (SSSR count). The van der Waals surface area contributed by atoms with E-state index in [1.54, 1.807) is 0 Å². The van der Waals surface area contributed by atoms with Crippen LogP contribution in [0, 0.1) is 20.8 Å². The van der Waals surface area contributed by atoms with Crippen molar-refractivity contribution >= 4 is 68.8 Å². The van der Waals surface area contributed by atoms with Crippen molar-refractivity contribution in [2.75, 3.05) is 0 Å². The van der Waals surface area contributed by atoms with E-state index in [1.807, 2.05) is 63.4 Å². The molecular weight excluding hydrogens is 550 g/mol. The van der Waals surface area contributed by atoms with Gasteiger partial charge >= 0.3 is 5.97 Å². The Morgan fingerprint density at radius 3 is 2.16 bits per heavy atom. The number of hydrogen-bond acceptors (Lipinski definition) is 2. The Bertz CT molecular complexity index is 1800. The highest BCUT2D eigenvalue weighted by Crippen LogP contribution is 2.58. The summed E-state index contributed by atoms with van der Waals surface area (Å²) < 4.78 is 10.9. The van der Waals surface area contributed by atoms with Crippen molar-refractivity contribution in [1.82, 2.24) is 8.97 Å². The predicted octanol–water partition coefficient (Wildman–Crippen LogP) is 8.92. The van der Waals surface area contributed by atoms with E-state index in [0.717, 1.165) is 51.0 Å². The number of aromatic nitrogens is 2. The molecule has 0 amide bonds. The molecule has 0 radical (unpaired) electrons. The molecule has 5 aromatic rings. The summed E-state index contributed by atoms with van der Waals surface area (Å²) in [5, 5.41) is 1.25. The second kappa shape index (κ2) is 8.44. The van der Waals surface area contributed by atoms with Crippen LogP contribution in [0.15, 0.2) is 48.7 Å². The van der Waals surface area contributed by atoms with Crippen LogP contribution in [0.3, 0.4) is 0 Å². The van der Waals surface area contributed by atoms with Gasteiger partial charge in [-0.15, -0.1) is 0 Å². The van der Waals surface area contributed by atoms with Crippen LogP contribution < -0.4 is 0 Å². The average Bonchev–Trinajstić information content (AvgIpc) is 3.46. The third-order valence-electron chi connectivity index (χ3n) is 7.72. The topological polar surface area (TPSA) is 35.6 Å². The minimum Gasteiger partial charge on any atom is -0.440 e. The average molecular weight is 572 g/mol. The number of rotatable bonds is 3. The molecule has 0 aliphatic carbocycles. The van der Waals surface area contributed by atoms with Crippen molar-refractivity contribution < 1.29 is 9.53 Å². The zero-order valence-electron chi connectivity index (χ0n) is 20.5. The van der Waals surface area contributed by atoms with Gasteiger partial charge in [-0.1, -0.05) is 70.7 Å². The van der Waals surface area contributed by atoms with E-state index in [4.69, 9.17) is 51.1 Å². The first-order chi connectivity index (χ1) is 17.7. The standard InChI is InChI=1S/C29H22Cl4N2O2/c1-5-34-16(4)22(17-10-6-7-11-18(17)34)29(21-14(2)15(3)35-13-9-8-12-19(21)35)23-20(28(36)37-29)24(30)26(32)27(33)25(23)31/h6-13H,5H2,1-4H3. The fourth-order valence-corrected chi connectivity index (χ4v) is 7.16. The smallest absolute Gasteiger partial charge is 0.341 e. The normalized spacial score (nSPS) is 17.1. The lowest BCUT2D eigenvalue weighted by Gasteiger charge is -2.32. The zero-order chi connectivity index (χ0) is 26.4. The summed E-state index contributed by atoms with van der Waals surface area (Å²) >= 11 is 26.8. The maximum absolute atomic E-state index is 13.8. The number of para-hydroxylation sites is 1. The Kier molecular flexibility index (Phi) is 5.63. The van der Waals surface area contributed by atoms with Crippen LogP contribution in [-0.2, 0) is 16.9 Å². The molecule has 3 aromatic heterocycles. The number of nitrogens with zero attached hydrogens (tertiary/aromatic N) is 2. The number of carbonyl (C=O) groups is 1. The molecule has 1 aliphatic heterocycles. The Balaban J connectivity index is 1.93. The highest BCUT2D eigenvalue weighted by molar-refractivity contribution is 6.53. The Hall–Kier alpha value is -2.63. The maximum atomic E-state index is 13.8. The lowest BCUT2D eigenvalue weighted by molar-refractivity contribution is 0.0257. The summed E-state index contributed by atoms with van der Waals surface area (Å²) in [6, 6.07) is 14.1. The van der Waals surface area contributed by atoms with Gasteiger partial charge in [0.2, 0.25) is 0 Å². The second-order valence-corrected chi connectivity index (χ2v) is 10.9. The van der Waals surface area contributed by atoms with E-state index in [1.165, 1.54) is 0 Å². The van der Waals surface area contributed by atoms with Crippen LogP contribution in [0.4, 0.5) is 0 Å². The molecule has 188 valence electrons. The van der Waals surface area contributed by atoms with E-state index in [0.29, 0.717) is 5.56 Å². The molecule has 0 N–H and O–H groups in total. The first-order valence-corrected chi connectivity index (χ1v) is 13.4. The van der Waals surface area contributed by atoms with Crippen LogP contribution in [0.1, 0.15) is 50.9 Å². The van der Waals surface area contributed by atoms with Crippen LogP contribution >= 0.6 is 46.4 Å². The number of esters is 1. The van der Waals surface area contributed by atoms with Crippen LogP contribution in [-0.4, -0.2) is 14.9 Å². The molecule has 1 atom stereocenters. The van der Waals surface area contributed by atoms with Gasteiger partial charge in [-0.25, -0.2) is 4.79 Å². The molecule has 0 spiro atoms. The number of cyclic esters (lactones) is 1. The van der Waals surface area contributed by atoms with E-state index in [9.17, 15) is 4.79 Å². The van der Waals surface area contributed by atoms with Crippen molar-refractivity contribution in [2.45, 2.75) is 39.8 Å². The minimum absolute atomic E-state index is 0.0298. The van der Waals surface area contributed by atoms with Crippen molar-refractivity contribution in [3.05, 3.63) is 108 Å². The summed E-state index contributed by atoms with van der Waals surface area (Å²) in [6.45, 7) is 8.94.